The summed E-state index contributed by atoms with van der Waals surface area (Å²) in [4.78, 5) is 16.3. The molecule has 0 aliphatic rings. The topological polar surface area (TPSA) is 51.2 Å². The molecule has 0 aliphatic carbocycles. The van der Waals surface area contributed by atoms with Gasteiger partial charge in [-0.05, 0) is 48.5 Å². The zero-order valence-electron chi connectivity index (χ0n) is 13.9. The van der Waals surface area contributed by atoms with E-state index in [2.05, 4.69) is 10.3 Å². The molecule has 0 spiro atoms. The molecule has 3 aromatic rings. The highest BCUT2D eigenvalue weighted by atomic mass is 19.4. The third kappa shape index (κ3) is 4.43. The predicted molar refractivity (Wildman–Crippen MR) is 90.1 cm³/mol. The molecule has 0 aliphatic heterocycles. The highest BCUT2D eigenvalue weighted by Gasteiger charge is 2.30. The Kier molecular flexibility index (Phi) is 5.25. The average Bonchev–Trinajstić information content (AvgIpc) is 2.64. The minimum Gasteiger partial charge on any atom is -0.438 e. The molecule has 0 radical (unpaired) electrons. The van der Waals surface area contributed by atoms with E-state index in [1.807, 2.05) is 0 Å². The van der Waals surface area contributed by atoms with Crippen molar-refractivity contribution in [3.8, 4) is 11.6 Å². The van der Waals surface area contributed by atoms with Crippen LogP contribution < -0.4 is 10.1 Å². The van der Waals surface area contributed by atoms with Crippen LogP contribution in [0.2, 0.25) is 0 Å². The van der Waals surface area contributed by atoms with Crippen LogP contribution >= 0.6 is 0 Å². The Morgan fingerprint density at radius 1 is 1.00 bits per heavy atom. The quantitative estimate of drug-likeness (QED) is 0.601. The molecule has 0 saturated carbocycles. The molecule has 4 nitrogen and oxygen atoms in total. The monoisotopic (exact) mass is 394 g/mol. The third-order valence-electron chi connectivity index (χ3n) is 3.59. The second-order valence-electron chi connectivity index (χ2n) is 5.56. The van der Waals surface area contributed by atoms with Gasteiger partial charge in [0.1, 0.15) is 22.9 Å². The lowest BCUT2D eigenvalue weighted by molar-refractivity contribution is -0.137. The number of hydrogen-bond acceptors (Lipinski definition) is 3. The van der Waals surface area contributed by atoms with Gasteiger partial charge in [-0.3, -0.25) is 4.79 Å². The number of aromatic nitrogens is 1. The van der Waals surface area contributed by atoms with Gasteiger partial charge in [0, 0.05) is 12.3 Å². The molecule has 28 heavy (non-hydrogen) atoms. The van der Waals surface area contributed by atoms with Crippen molar-refractivity contribution in [2.24, 2.45) is 0 Å². The normalized spacial score (nSPS) is 11.2. The standard InChI is InChI=1S/C19H11F5N2O2/c20-12-5-8-16(15(21)10-12)26-17(27)14-2-1-9-25-18(14)28-13-6-3-11(4-7-13)19(22,23)24/h1-10H,(H,26,27). The summed E-state index contributed by atoms with van der Waals surface area (Å²) in [5.74, 6) is -2.73. The second kappa shape index (κ2) is 7.63. The van der Waals surface area contributed by atoms with Gasteiger partial charge in [-0.1, -0.05) is 0 Å². The first-order chi connectivity index (χ1) is 13.2. The van der Waals surface area contributed by atoms with Gasteiger partial charge < -0.3 is 10.1 Å². The fourth-order valence-electron chi connectivity index (χ4n) is 2.25. The van der Waals surface area contributed by atoms with Crippen molar-refractivity contribution >= 4 is 11.6 Å². The number of rotatable bonds is 4. The zero-order chi connectivity index (χ0) is 20.3. The maximum atomic E-state index is 13.7. The van der Waals surface area contributed by atoms with E-state index in [-0.39, 0.29) is 22.9 Å². The third-order valence-corrected chi connectivity index (χ3v) is 3.59. The van der Waals surface area contributed by atoms with Crippen LogP contribution in [0.15, 0.2) is 60.8 Å². The molecule has 3 rings (SSSR count). The molecule has 1 aromatic heterocycles. The van der Waals surface area contributed by atoms with Crippen LogP contribution in [0.3, 0.4) is 0 Å². The van der Waals surface area contributed by atoms with Gasteiger partial charge in [0.2, 0.25) is 5.88 Å². The number of alkyl halides is 3. The maximum Gasteiger partial charge on any atom is 0.416 e. The summed E-state index contributed by atoms with van der Waals surface area (Å²) in [6.45, 7) is 0. The Labute approximate surface area is 155 Å². The number of amides is 1. The number of carbonyl (C=O) groups is 1. The molecule has 0 unspecified atom stereocenters. The molecule has 0 atom stereocenters. The van der Waals surface area contributed by atoms with Crippen LogP contribution in [0.1, 0.15) is 15.9 Å². The van der Waals surface area contributed by atoms with Crippen molar-refractivity contribution in [2.45, 2.75) is 6.18 Å². The van der Waals surface area contributed by atoms with Gasteiger partial charge in [0.15, 0.2) is 0 Å². The van der Waals surface area contributed by atoms with Crippen molar-refractivity contribution in [1.29, 1.82) is 0 Å². The number of nitrogens with zero attached hydrogens (tertiary/aromatic N) is 1. The number of pyridine rings is 1. The lowest BCUT2D eigenvalue weighted by atomic mass is 10.2. The average molecular weight is 394 g/mol. The summed E-state index contributed by atoms with van der Waals surface area (Å²) in [5.41, 5.74) is -1.20. The number of anilines is 1. The first-order valence-corrected chi connectivity index (χ1v) is 7.80. The van der Waals surface area contributed by atoms with Crippen molar-refractivity contribution < 1.29 is 31.5 Å². The van der Waals surface area contributed by atoms with Crippen LogP contribution in [-0.2, 0) is 6.18 Å². The largest absolute Gasteiger partial charge is 0.438 e. The number of carbonyl (C=O) groups excluding carboxylic acids is 1. The summed E-state index contributed by atoms with van der Waals surface area (Å²) in [5, 5.41) is 2.26. The predicted octanol–water partition coefficient (Wildman–Crippen LogP) is 5.42. The summed E-state index contributed by atoms with van der Waals surface area (Å²) in [6, 6.07) is 9.21. The number of ether oxygens (including phenoxy) is 1. The summed E-state index contributed by atoms with van der Waals surface area (Å²) in [6.07, 6.45) is -3.18. The van der Waals surface area contributed by atoms with Gasteiger partial charge in [0.25, 0.3) is 5.91 Å². The Morgan fingerprint density at radius 3 is 2.36 bits per heavy atom. The Balaban J connectivity index is 1.82. The fourth-order valence-corrected chi connectivity index (χ4v) is 2.25. The molecule has 1 N–H and O–H groups in total. The summed E-state index contributed by atoms with van der Waals surface area (Å²) < 4.78 is 69.9. The molecule has 9 heteroatoms. The van der Waals surface area contributed by atoms with Crippen LogP contribution in [0.25, 0.3) is 0 Å². The molecular weight excluding hydrogens is 383 g/mol. The van der Waals surface area contributed by atoms with E-state index >= 15 is 0 Å². The Morgan fingerprint density at radius 2 is 1.71 bits per heavy atom. The SMILES string of the molecule is O=C(Nc1ccc(F)cc1F)c1cccnc1Oc1ccc(C(F)(F)F)cc1. The van der Waals surface area contributed by atoms with Gasteiger partial charge >= 0.3 is 6.18 Å². The number of hydrogen-bond donors (Lipinski definition) is 1. The van der Waals surface area contributed by atoms with E-state index in [0.29, 0.717) is 6.07 Å². The number of halogens is 5. The van der Waals surface area contributed by atoms with E-state index in [1.165, 1.54) is 18.3 Å². The number of benzene rings is 2. The van der Waals surface area contributed by atoms with E-state index in [1.54, 1.807) is 0 Å². The first kappa shape index (κ1) is 19.3. The van der Waals surface area contributed by atoms with Gasteiger partial charge in [-0.25, -0.2) is 13.8 Å². The molecule has 1 amide bonds. The van der Waals surface area contributed by atoms with Crippen molar-refractivity contribution in [3.05, 3.63) is 83.6 Å². The van der Waals surface area contributed by atoms with Gasteiger partial charge in [-0.2, -0.15) is 13.2 Å². The molecule has 2 aromatic carbocycles. The minimum absolute atomic E-state index is 0.0220. The molecule has 0 fully saturated rings. The molecular formula is C19H11F5N2O2. The first-order valence-electron chi connectivity index (χ1n) is 7.80. The van der Waals surface area contributed by atoms with Gasteiger partial charge in [-0.15, -0.1) is 0 Å². The summed E-state index contributed by atoms with van der Waals surface area (Å²) in [7, 11) is 0. The Hall–Kier alpha value is -3.49. The molecule has 0 saturated heterocycles. The van der Waals surface area contributed by atoms with E-state index < -0.39 is 29.3 Å². The van der Waals surface area contributed by atoms with E-state index in [0.717, 1.165) is 36.4 Å². The lowest BCUT2D eigenvalue weighted by Gasteiger charge is -2.12. The molecule has 1 heterocycles. The van der Waals surface area contributed by atoms with E-state index in [4.69, 9.17) is 4.74 Å². The lowest BCUT2D eigenvalue weighted by Crippen LogP contribution is -2.14. The maximum absolute atomic E-state index is 13.7. The highest BCUT2D eigenvalue weighted by molar-refractivity contribution is 6.05. The molecule has 0 bridgehead atoms. The minimum atomic E-state index is -4.49. The van der Waals surface area contributed by atoms with Gasteiger partial charge in [0.05, 0.1) is 11.3 Å². The highest BCUT2D eigenvalue weighted by Crippen LogP contribution is 2.31. The zero-order valence-corrected chi connectivity index (χ0v) is 13.9. The number of nitrogens with one attached hydrogen (secondary N) is 1. The van der Waals surface area contributed by atoms with Crippen LogP contribution in [0.4, 0.5) is 27.6 Å². The fraction of sp³-hybridized carbons (Fsp3) is 0.0526. The van der Waals surface area contributed by atoms with Crippen molar-refractivity contribution in [2.75, 3.05) is 5.32 Å². The van der Waals surface area contributed by atoms with Crippen LogP contribution in [-0.4, -0.2) is 10.9 Å². The van der Waals surface area contributed by atoms with Crippen LogP contribution in [0.5, 0.6) is 11.6 Å². The van der Waals surface area contributed by atoms with E-state index in [9.17, 15) is 26.7 Å². The van der Waals surface area contributed by atoms with Crippen molar-refractivity contribution in [3.63, 3.8) is 0 Å². The smallest absolute Gasteiger partial charge is 0.416 e. The molecule has 144 valence electrons. The second-order valence-corrected chi connectivity index (χ2v) is 5.56. The summed E-state index contributed by atoms with van der Waals surface area (Å²) >= 11 is 0. The van der Waals surface area contributed by atoms with Crippen LogP contribution in [0, 0.1) is 11.6 Å². The Bertz CT molecular complexity index is 1000. The van der Waals surface area contributed by atoms with Crippen molar-refractivity contribution in [1.82, 2.24) is 4.98 Å².